The fourth-order valence-electron chi connectivity index (χ4n) is 3.35. The van der Waals surface area contributed by atoms with Crippen molar-refractivity contribution in [3.05, 3.63) is 23.9 Å². The van der Waals surface area contributed by atoms with Crippen LogP contribution in [0, 0.1) is 5.92 Å². The first-order chi connectivity index (χ1) is 12.5. The summed E-state index contributed by atoms with van der Waals surface area (Å²) in [5.41, 5.74) is -0.323. The number of rotatable bonds is 6. The minimum absolute atomic E-state index is 0.318. The van der Waals surface area contributed by atoms with E-state index < -0.39 is 18.1 Å². The van der Waals surface area contributed by atoms with E-state index >= 15 is 0 Å². The van der Waals surface area contributed by atoms with E-state index in [-0.39, 0.29) is 5.91 Å². The van der Waals surface area contributed by atoms with Crippen LogP contribution in [0.2, 0.25) is 0 Å². The van der Waals surface area contributed by atoms with E-state index in [1.54, 1.807) is 7.05 Å². The summed E-state index contributed by atoms with van der Waals surface area (Å²) in [6.07, 6.45) is 2.68. The number of nitrogens with one attached hydrogen (secondary N) is 2. The Balaban J connectivity index is 1.69. The summed E-state index contributed by atoms with van der Waals surface area (Å²) < 4.78 is 7.42. The van der Waals surface area contributed by atoms with Crippen molar-refractivity contribution in [3.8, 4) is 5.75 Å². The van der Waals surface area contributed by atoms with E-state index in [0.29, 0.717) is 47.8 Å². The van der Waals surface area contributed by atoms with Gasteiger partial charge >= 0.3 is 0 Å². The molecule has 1 aromatic heterocycles. The molecule has 2 amide bonds. The number of aromatic nitrogens is 2. The minimum Gasteiger partial charge on any atom is -0.493 e. The van der Waals surface area contributed by atoms with E-state index in [2.05, 4.69) is 15.7 Å². The Labute approximate surface area is 150 Å². The molecular weight excluding hydrogens is 336 g/mol. The Morgan fingerprint density at radius 1 is 1.50 bits per heavy atom. The summed E-state index contributed by atoms with van der Waals surface area (Å²) in [4.78, 5) is 25.1. The van der Waals surface area contributed by atoms with Gasteiger partial charge < -0.3 is 20.5 Å². The molecule has 138 valence electrons. The van der Waals surface area contributed by atoms with Crippen molar-refractivity contribution in [2.24, 2.45) is 13.0 Å². The number of nitrogens with zero attached hydrogens (tertiary/aromatic N) is 2. The monoisotopic (exact) mass is 358 g/mol. The zero-order chi connectivity index (χ0) is 18.3. The van der Waals surface area contributed by atoms with Gasteiger partial charge in [-0.15, -0.1) is 0 Å². The van der Waals surface area contributed by atoms with Crippen molar-refractivity contribution < 1.29 is 19.4 Å². The van der Waals surface area contributed by atoms with Gasteiger partial charge in [0.1, 0.15) is 17.0 Å². The smallest absolute Gasteiger partial charge is 0.271 e. The van der Waals surface area contributed by atoms with Gasteiger partial charge in [0.05, 0.1) is 24.1 Å². The molecule has 1 unspecified atom stereocenters. The third-order valence-corrected chi connectivity index (χ3v) is 5.10. The largest absolute Gasteiger partial charge is 0.493 e. The normalized spacial score (nSPS) is 22.5. The maximum absolute atomic E-state index is 13.0. The van der Waals surface area contributed by atoms with Crippen LogP contribution in [-0.2, 0) is 11.8 Å². The summed E-state index contributed by atoms with van der Waals surface area (Å²) in [6.45, 7) is 0.588. The first kappa shape index (κ1) is 16.8. The lowest BCUT2D eigenvalue weighted by Crippen LogP contribution is -2.56. The van der Waals surface area contributed by atoms with Gasteiger partial charge in [0.15, 0.2) is 0 Å². The van der Waals surface area contributed by atoms with Gasteiger partial charge in [0.2, 0.25) is 5.91 Å². The summed E-state index contributed by atoms with van der Waals surface area (Å²) in [7, 11) is 1.68. The Morgan fingerprint density at radius 2 is 2.31 bits per heavy atom. The molecule has 0 radical (unpaired) electrons. The van der Waals surface area contributed by atoms with Crippen molar-refractivity contribution in [1.82, 2.24) is 20.4 Å². The third kappa shape index (κ3) is 2.80. The highest BCUT2D eigenvalue weighted by molar-refractivity contribution is 6.09. The van der Waals surface area contributed by atoms with Crippen molar-refractivity contribution in [1.29, 1.82) is 0 Å². The quantitative estimate of drug-likeness (QED) is 0.691. The van der Waals surface area contributed by atoms with Crippen LogP contribution in [0.1, 0.15) is 29.8 Å². The van der Waals surface area contributed by atoms with Crippen LogP contribution >= 0.6 is 0 Å². The summed E-state index contributed by atoms with van der Waals surface area (Å²) in [5.74, 6) is 0.370. The number of hydrogen-bond acceptors (Lipinski definition) is 5. The number of fused-ring (bicyclic) bond motifs is 1. The van der Waals surface area contributed by atoms with E-state index in [4.69, 9.17) is 4.74 Å². The molecule has 2 heterocycles. The van der Waals surface area contributed by atoms with Gasteiger partial charge in [-0.1, -0.05) is 6.07 Å². The zero-order valence-corrected chi connectivity index (χ0v) is 14.6. The van der Waals surface area contributed by atoms with Crippen LogP contribution in [0.15, 0.2) is 18.2 Å². The Morgan fingerprint density at radius 3 is 2.96 bits per heavy atom. The standard InChI is InChI=1S/C18H22N4O4/c1-22-15(16(24)20-18(10-23)7-8-19-17(18)25)14-12(21-22)3-2-4-13(14)26-9-11-5-6-11/h2-4,11,23H,5-10H2,1H3,(H,19,25)(H,20,24). The molecule has 26 heavy (non-hydrogen) atoms. The molecule has 0 bridgehead atoms. The van der Waals surface area contributed by atoms with Crippen LogP contribution in [-0.4, -0.2) is 52.0 Å². The SMILES string of the molecule is Cn1nc2cccc(OCC3CC3)c2c1C(=O)NC1(CO)CCNC1=O. The topological polar surface area (TPSA) is 105 Å². The highest BCUT2D eigenvalue weighted by Crippen LogP contribution is 2.33. The van der Waals surface area contributed by atoms with Crippen molar-refractivity contribution in [3.63, 3.8) is 0 Å². The highest BCUT2D eigenvalue weighted by atomic mass is 16.5. The number of ether oxygens (including phenoxy) is 1. The van der Waals surface area contributed by atoms with Crippen LogP contribution in [0.4, 0.5) is 0 Å². The number of aliphatic hydroxyl groups excluding tert-OH is 1. The molecule has 2 aromatic rings. The lowest BCUT2D eigenvalue weighted by atomic mass is 9.98. The van der Waals surface area contributed by atoms with E-state index in [0.717, 1.165) is 0 Å². The second-order valence-electron chi connectivity index (χ2n) is 7.08. The van der Waals surface area contributed by atoms with E-state index in [1.807, 2.05) is 18.2 Å². The minimum atomic E-state index is -1.29. The van der Waals surface area contributed by atoms with Gasteiger partial charge in [-0.3, -0.25) is 14.3 Å². The number of amides is 2. The Bertz CT molecular complexity index is 873. The number of aryl methyl sites for hydroxylation is 1. The molecular formula is C18H22N4O4. The Kier molecular flexibility index (Phi) is 4.07. The molecule has 8 nitrogen and oxygen atoms in total. The first-order valence-corrected chi connectivity index (χ1v) is 8.84. The molecule has 1 saturated heterocycles. The van der Waals surface area contributed by atoms with Gasteiger partial charge in [-0.2, -0.15) is 5.10 Å². The second-order valence-corrected chi connectivity index (χ2v) is 7.08. The summed E-state index contributed by atoms with van der Waals surface area (Å²) in [6, 6.07) is 5.49. The van der Waals surface area contributed by atoms with Crippen LogP contribution in [0.5, 0.6) is 5.75 Å². The number of carbonyl (C=O) groups is 2. The lowest BCUT2D eigenvalue weighted by molar-refractivity contribution is -0.125. The molecule has 4 rings (SSSR count). The zero-order valence-electron chi connectivity index (χ0n) is 14.6. The van der Waals surface area contributed by atoms with E-state index in [1.165, 1.54) is 17.5 Å². The van der Waals surface area contributed by atoms with Crippen LogP contribution in [0.25, 0.3) is 10.9 Å². The lowest BCUT2D eigenvalue weighted by Gasteiger charge is -2.25. The highest BCUT2D eigenvalue weighted by Gasteiger charge is 2.44. The third-order valence-electron chi connectivity index (χ3n) is 5.10. The fraction of sp³-hybridized carbons (Fsp3) is 0.500. The van der Waals surface area contributed by atoms with Gasteiger partial charge in [-0.05, 0) is 37.3 Å². The fourth-order valence-corrected chi connectivity index (χ4v) is 3.35. The second kappa shape index (κ2) is 6.28. The van der Waals surface area contributed by atoms with Gasteiger partial charge in [0.25, 0.3) is 5.91 Å². The summed E-state index contributed by atoms with van der Waals surface area (Å²) in [5, 5.41) is 20.1. The number of benzene rings is 1. The number of carbonyl (C=O) groups excluding carboxylic acids is 2. The Hall–Kier alpha value is -2.61. The average Bonchev–Trinajstić information content (AvgIpc) is 3.29. The molecule has 2 fully saturated rings. The molecule has 1 aromatic carbocycles. The van der Waals surface area contributed by atoms with E-state index in [9.17, 15) is 14.7 Å². The molecule has 1 aliphatic carbocycles. The van der Waals surface area contributed by atoms with Gasteiger partial charge in [-0.25, -0.2) is 0 Å². The predicted molar refractivity (Wildman–Crippen MR) is 93.8 cm³/mol. The molecule has 1 saturated carbocycles. The first-order valence-electron chi connectivity index (χ1n) is 8.84. The van der Waals surface area contributed by atoms with Crippen LogP contribution in [0.3, 0.4) is 0 Å². The molecule has 0 spiro atoms. The molecule has 1 atom stereocenters. The molecule has 2 aliphatic rings. The summed E-state index contributed by atoms with van der Waals surface area (Å²) >= 11 is 0. The molecule has 3 N–H and O–H groups in total. The van der Waals surface area contributed by atoms with Crippen molar-refractivity contribution in [2.75, 3.05) is 19.8 Å². The van der Waals surface area contributed by atoms with Crippen LogP contribution < -0.4 is 15.4 Å². The number of hydrogen-bond donors (Lipinski definition) is 3. The predicted octanol–water partition coefficient (Wildman–Crippen LogP) is 0.343. The maximum Gasteiger partial charge on any atom is 0.271 e. The maximum atomic E-state index is 13.0. The van der Waals surface area contributed by atoms with Crippen molar-refractivity contribution >= 4 is 22.7 Å². The van der Waals surface area contributed by atoms with Crippen molar-refractivity contribution in [2.45, 2.75) is 24.8 Å². The average molecular weight is 358 g/mol. The molecule has 1 aliphatic heterocycles. The van der Waals surface area contributed by atoms with Gasteiger partial charge in [0, 0.05) is 13.6 Å². The molecule has 8 heteroatoms. The number of aliphatic hydroxyl groups is 1.